The molecule has 0 aliphatic heterocycles. The molecule has 0 atom stereocenters. The van der Waals surface area contributed by atoms with Crippen molar-refractivity contribution in [2.24, 2.45) is 4.99 Å². The summed E-state index contributed by atoms with van der Waals surface area (Å²) < 4.78 is 5.08. The van der Waals surface area contributed by atoms with Gasteiger partial charge >= 0.3 is 0 Å². The summed E-state index contributed by atoms with van der Waals surface area (Å²) in [4.78, 5) is 4.28. The Bertz CT molecular complexity index is 650. The smallest absolute Gasteiger partial charge is 0.141 e. The van der Waals surface area contributed by atoms with E-state index in [9.17, 15) is 0 Å². The molecule has 0 saturated carbocycles. The van der Waals surface area contributed by atoms with E-state index in [0.29, 0.717) is 5.71 Å². The Hall–Kier alpha value is -2.86. The van der Waals surface area contributed by atoms with Crippen LogP contribution in [0.4, 0.5) is 5.69 Å². The molecule has 2 aromatic rings. The first-order valence-electron chi connectivity index (χ1n) is 6.18. The molecule has 0 fully saturated rings. The molecule has 0 aliphatic rings. The van der Waals surface area contributed by atoms with E-state index in [2.05, 4.69) is 11.1 Å². The third-order valence-corrected chi connectivity index (χ3v) is 2.67. The highest BCUT2D eigenvalue weighted by atomic mass is 16.5. The predicted octanol–water partition coefficient (Wildman–Crippen LogP) is 4.00. The summed E-state index contributed by atoms with van der Waals surface area (Å²) >= 11 is 0. The van der Waals surface area contributed by atoms with Crippen molar-refractivity contribution in [1.29, 1.82) is 5.26 Å². The summed E-state index contributed by atoms with van der Waals surface area (Å²) in [6.07, 6.45) is 3.57. The molecular formula is C17H14N2O. The van der Waals surface area contributed by atoms with Gasteiger partial charge in [0.15, 0.2) is 0 Å². The lowest BCUT2D eigenvalue weighted by atomic mass is 10.2. The van der Waals surface area contributed by atoms with Crippen LogP contribution in [0.1, 0.15) is 5.56 Å². The van der Waals surface area contributed by atoms with E-state index >= 15 is 0 Å². The lowest BCUT2D eigenvalue weighted by Crippen LogP contribution is -1.87. The molecule has 3 nitrogen and oxygen atoms in total. The summed E-state index contributed by atoms with van der Waals surface area (Å²) in [5.41, 5.74) is 2.12. The van der Waals surface area contributed by atoms with Gasteiger partial charge in [0, 0.05) is 0 Å². The van der Waals surface area contributed by atoms with Crippen molar-refractivity contribution in [3.63, 3.8) is 0 Å². The standard InChI is InChI=1S/C17H14N2O/c1-20-17-11-9-15(10-12-17)19-16(13-18)8-7-14-5-3-2-4-6-14/h2-12H,1H3/b8-7+,19-16?. The molecule has 0 unspecified atom stereocenters. The first-order valence-corrected chi connectivity index (χ1v) is 6.18. The number of nitrogens with zero attached hydrogens (tertiary/aromatic N) is 2. The molecule has 0 heterocycles. The molecular weight excluding hydrogens is 248 g/mol. The molecule has 3 heteroatoms. The van der Waals surface area contributed by atoms with Gasteiger partial charge in [-0.3, -0.25) is 0 Å². The Morgan fingerprint density at radius 1 is 1.10 bits per heavy atom. The number of methoxy groups -OCH3 is 1. The molecule has 0 saturated heterocycles. The normalized spacial score (nSPS) is 11.3. The second-order valence-corrected chi connectivity index (χ2v) is 4.05. The molecule has 2 rings (SSSR count). The lowest BCUT2D eigenvalue weighted by Gasteiger charge is -1.99. The van der Waals surface area contributed by atoms with Crippen LogP contribution in [0.3, 0.4) is 0 Å². The molecule has 98 valence electrons. The second kappa shape index (κ2) is 6.91. The highest BCUT2D eigenvalue weighted by Crippen LogP contribution is 2.18. The minimum atomic E-state index is 0.360. The number of nitriles is 1. The molecule has 0 aromatic heterocycles. The number of benzene rings is 2. The van der Waals surface area contributed by atoms with Gasteiger partial charge in [-0.2, -0.15) is 5.26 Å². The van der Waals surface area contributed by atoms with Crippen LogP contribution in [0.5, 0.6) is 5.75 Å². The number of hydrogen-bond acceptors (Lipinski definition) is 3. The van der Waals surface area contributed by atoms with Crippen LogP contribution < -0.4 is 4.74 Å². The van der Waals surface area contributed by atoms with Crippen molar-refractivity contribution in [3.05, 3.63) is 66.2 Å². The molecule has 0 aliphatic carbocycles. The van der Waals surface area contributed by atoms with E-state index in [1.54, 1.807) is 13.2 Å². The molecule has 2 aromatic carbocycles. The number of aliphatic imine (C=N–C) groups is 1. The molecule has 0 spiro atoms. The van der Waals surface area contributed by atoms with Crippen molar-refractivity contribution in [2.75, 3.05) is 7.11 Å². The first-order chi connectivity index (χ1) is 9.81. The quantitative estimate of drug-likeness (QED) is 0.781. The fourth-order valence-corrected chi connectivity index (χ4v) is 1.63. The van der Waals surface area contributed by atoms with Crippen LogP contribution in [0, 0.1) is 11.3 Å². The summed E-state index contributed by atoms with van der Waals surface area (Å²) in [7, 11) is 1.61. The topological polar surface area (TPSA) is 45.4 Å². The summed E-state index contributed by atoms with van der Waals surface area (Å²) in [6, 6.07) is 19.1. The number of ether oxygens (including phenoxy) is 1. The van der Waals surface area contributed by atoms with Gasteiger partial charge in [-0.1, -0.05) is 36.4 Å². The summed E-state index contributed by atoms with van der Waals surface area (Å²) in [6.45, 7) is 0. The third-order valence-electron chi connectivity index (χ3n) is 2.67. The van der Waals surface area contributed by atoms with Gasteiger partial charge in [0.2, 0.25) is 0 Å². The zero-order valence-corrected chi connectivity index (χ0v) is 11.2. The van der Waals surface area contributed by atoms with Gasteiger partial charge in [0.1, 0.15) is 17.5 Å². The maximum Gasteiger partial charge on any atom is 0.141 e. The summed E-state index contributed by atoms with van der Waals surface area (Å²) in [5, 5.41) is 9.11. The molecule has 0 radical (unpaired) electrons. The highest BCUT2D eigenvalue weighted by molar-refractivity contribution is 6.10. The maximum atomic E-state index is 9.11. The van der Waals surface area contributed by atoms with Crippen molar-refractivity contribution in [1.82, 2.24) is 0 Å². The number of hydrogen-bond donors (Lipinski definition) is 0. The van der Waals surface area contributed by atoms with Crippen LogP contribution in [-0.2, 0) is 0 Å². The molecule has 0 bridgehead atoms. The monoisotopic (exact) mass is 262 g/mol. The average Bonchev–Trinajstić information content (AvgIpc) is 2.53. The van der Waals surface area contributed by atoms with Gasteiger partial charge in [-0.05, 0) is 35.9 Å². The van der Waals surface area contributed by atoms with Gasteiger partial charge in [0.05, 0.1) is 12.8 Å². The Balaban J connectivity index is 2.17. The SMILES string of the molecule is COc1ccc(N=C(C#N)/C=C/c2ccccc2)cc1. The van der Waals surface area contributed by atoms with Crippen LogP contribution >= 0.6 is 0 Å². The largest absolute Gasteiger partial charge is 0.497 e. The second-order valence-electron chi connectivity index (χ2n) is 4.05. The van der Waals surface area contributed by atoms with Crippen LogP contribution in [0.2, 0.25) is 0 Å². The Labute approximate surface area is 118 Å². The van der Waals surface area contributed by atoms with Crippen LogP contribution in [0.25, 0.3) is 6.08 Å². The highest BCUT2D eigenvalue weighted by Gasteiger charge is 1.95. The minimum Gasteiger partial charge on any atom is -0.497 e. The third kappa shape index (κ3) is 3.82. The first kappa shape index (κ1) is 13.6. The van der Waals surface area contributed by atoms with E-state index in [1.807, 2.05) is 60.7 Å². The zero-order chi connectivity index (χ0) is 14.2. The fraction of sp³-hybridized carbons (Fsp3) is 0.0588. The minimum absolute atomic E-state index is 0.360. The van der Waals surface area contributed by atoms with Crippen molar-refractivity contribution in [2.45, 2.75) is 0 Å². The molecule has 0 N–H and O–H groups in total. The Morgan fingerprint density at radius 2 is 1.80 bits per heavy atom. The molecule has 20 heavy (non-hydrogen) atoms. The number of allylic oxidation sites excluding steroid dienone is 1. The zero-order valence-electron chi connectivity index (χ0n) is 11.2. The lowest BCUT2D eigenvalue weighted by molar-refractivity contribution is 0.415. The van der Waals surface area contributed by atoms with Crippen molar-refractivity contribution < 1.29 is 4.74 Å². The Kier molecular flexibility index (Phi) is 4.69. The van der Waals surface area contributed by atoms with Crippen molar-refractivity contribution >= 4 is 17.5 Å². The van der Waals surface area contributed by atoms with E-state index < -0.39 is 0 Å². The van der Waals surface area contributed by atoms with Crippen LogP contribution in [0.15, 0.2) is 65.7 Å². The van der Waals surface area contributed by atoms with E-state index in [1.165, 1.54) is 0 Å². The van der Waals surface area contributed by atoms with E-state index in [4.69, 9.17) is 10.00 Å². The van der Waals surface area contributed by atoms with Crippen LogP contribution in [-0.4, -0.2) is 12.8 Å². The van der Waals surface area contributed by atoms with Gasteiger partial charge < -0.3 is 4.74 Å². The van der Waals surface area contributed by atoms with Crippen molar-refractivity contribution in [3.8, 4) is 11.8 Å². The maximum absolute atomic E-state index is 9.11. The Morgan fingerprint density at radius 3 is 2.40 bits per heavy atom. The van der Waals surface area contributed by atoms with Gasteiger partial charge in [0.25, 0.3) is 0 Å². The number of rotatable bonds is 4. The molecule has 0 amide bonds. The predicted molar refractivity (Wildman–Crippen MR) is 81.2 cm³/mol. The van der Waals surface area contributed by atoms with E-state index in [-0.39, 0.29) is 0 Å². The van der Waals surface area contributed by atoms with Gasteiger partial charge in [-0.25, -0.2) is 4.99 Å². The van der Waals surface area contributed by atoms with Gasteiger partial charge in [-0.15, -0.1) is 0 Å². The average molecular weight is 262 g/mol. The van der Waals surface area contributed by atoms with E-state index in [0.717, 1.165) is 17.0 Å². The fourth-order valence-electron chi connectivity index (χ4n) is 1.63. The summed E-state index contributed by atoms with van der Waals surface area (Å²) in [5.74, 6) is 0.766.